The number of nitrogens with zero attached hydrogens (tertiary/aromatic N) is 1. The fourth-order valence-electron chi connectivity index (χ4n) is 2.79. The molecule has 1 saturated heterocycles. The number of hydrogen-bond donors (Lipinski definition) is 1. The van der Waals surface area contributed by atoms with E-state index in [0.29, 0.717) is 24.4 Å². The molecule has 10 heteroatoms. The number of carbonyl (C=O) groups excluding carboxylic acids is 2. The van der Waals surface area contributed by atoms with Crippen molar-refractivity contribution in [3.05, 3.63) is 34.5 Å². The van der Waals surface area contributed by atoms with Gasteiger partial charge in [0.1, 0.15) is 15.3 Å². The lowest BCUT2D eigenvalue weighted by Crippen LogP contribution is -2.42. The van der Waals surface area contributed by atoms with Gasteiger partial charge in [-0.05, 0) is 42.7 Å². The summed E-state index contributed by atoms with van der Waals surface area (Å²) in [6.07, 6.45) is 1.05. The van der Waals surface area contributed by atoms with Crippen LogP contribution in [-0.4, -0.2) is 43.8 Å². The van der Waals surface area contributed by atoms with Gasteiger partial charge in [0.05, 0.1) is 12.2 Å². The normalized spacial score (nSPS) is 18.0. The van der Waals surface area contributed by atoms with Crippen molar-refractivity contribution in [3.63, 3.8) is 0 Å². The van der Waals surface area contributed by atoms with Gasteiger partial charge in [-0.3, -0.25) is 4.79 Å². The third-order valence-corrected chi connectivity index (χ3v) is 8.07. The molecule has 140 valence electrons. The number of hydrogen-bond acceptors (Lipinski definition) is 7. The van der Waals surface area contributed by atoms with Crippen molar-refractivity contribution in [2.75, 3.05) is 18.5 Å². The number of thiophene rings is 2. The van der Waals surface area contributed by atoms with Gasteiger partial charge in [-0.1, -0.05) is 6.07 Å². The molecule has 7 nitrogen and oxygen atoms in total. The minimum absolute atomic E-state index is 0.223. The molecule has 1 aliphatic rings. The summed E-state index contributed by atoms with van der Waals surface area (Å²) in [5.74, 6) is -0.950. The lowest BCUT2D eigenvalue weighted by atomic mass is 10.2. The van der Waals surface area contributed by atoms with E-state index >= 15 is 0 Å². The predicted molar refractivity (Wildman–Crippen MR) is 100 cm³/mol. The highest BCUT2D eigenvalue weighted by atomic mass is 32.2. The average Bonchev–Trinajstić information content (AvgIpc) is 3.35. The van der Waals surface area contributed by atoms with Crippen LogP contribution in [0.3, 0.4) is 0 Å². The Morgan fingerprint density at radius 2 is 2.12 bits per heavy atom. The van der Waals surface area contributed by atoms with Crippen molar-refractivity contribution in [1.82, 2.24) is 4.31 Å². The van der Waals surface area contributed by atoms with Crippen LogP contribution in [0.1, 0.15) is 30.1 Å². The SMILES string of the molecule is CCOC(=O)c1ccsc1NC(=O)C1CCCN1S(=O)(=O)c1cccs1. The molecule has 3 heterocycles. The first-order chi connectivity index (χ1) is 12.4. The smallest absolute Gasteiger partial charge is 0.341 e. The van der Waals surface area contributed by atoms with E-state index < -0.39 is 27.9 Å². The first-order valence-corrected chi connectivity index (χ1v) is 11.3. The summed E-state index contributed by atoms with van der Waals surface area (Å²) in [5.41, 5.74) is 0.274. The quantitative estimate of drug-likeness (QED) is 0.734. The number of sulfonamides is 1. The number of nitrogens with one attached hydrogen (secondary N) is 1. The maximum atomic E-state index is 12.8. The number of amides is 1. The van der Waals surface area contributed by atoms with Crippen molar-refractivity contribution < 1.29 is 22.7 Å². The van der Waals surface area contributed by atoms with Crippen LogP contribution in [0.25, 0.3) is 0 Å². The molecular formula is C16H18N2O5S3. The Bertz CT molecular complexity index is 889. The Morgan fingerprint density at radius 1 is 1.31 bits per heavy atom. The largest absolute Gasteiger partial charge is 0.462 e. The highest BCUT2D eigenvalue weighted by Crippen LogP contribution is 2.30. The summed E-state index contributed by atoms with van der Waals surface area (Å²) in [6.45, 7) is 2.24. The van der Waals surface area contributed by atoms with Crippen LogP contribution in [0.2, 0.25) is 0 Å². The predicted octanol–water partition coefficient (Wildman–Crippen LogP) is 2.78. The van der Waals surface area contributed by atoms with Crippen molar-refractivity contribution >= 4 is 49.6 Å². The number of anilines is 1. The highest BCUT2D eigenvalue weighted by Gasteiger charge is 2.40. The number of esters is 1. The average molecular weight is 415 g/mol. The van der Waals surface area contributed by atoms with Gasteiger partial charge in [0.15, 0.2) is 0 Å². The Morgan fingerprint density at radius 3 is 2.81 bits per heavy atom. The number of ether oxygens (including phenoxy) is 1. The maximum Gasteiger partial charge on any atom is 0.341 e. The molecule has 2 aromatic rings. The first-order valence-electron chi connectivity index (χ1n) is 8.06. The Kier molecular flexibility index (Phi) is 5.76. The Hall–Kier alpha value is -1.75. The summed E-state index contributed by atoms with van der Waals surface area (Å²) in [4.78, 5) is 24.6. The van der Waals surface area contributed by atoms with Crippen LogP contribution in [0.5, 0.6) is 0 Å². The van der Waals surface area contributed by atoms with E-state index in [1.807, 2.05) is 0 Å². The zero-order valence-corrected chi connectivity index (χ0v) is 16.5. The molecule has 1 amide bonds. The lowest BCUT2D eigenvalue weighted by Gasteiger charge is -2.22. The summed E-state index contributed by atoms with van der Waals surface area (Å²) < 4.78 is 32.0. The van der Waals surface area contributed by atoms with Crippen molar-refractivity contribution in [3.8, 4) is 0 Å². The van der Waals surface area contributed by atoms with Crippen molar-refractivity contribution in [2.24, 2.45) is 0 Å². The fourth-order valence-corrected chi connectivity index (χ4v) is 6.34. The molecule has 2 aromatic heterocycles. The second-order valence-corrected chi connectivity index (χ2v) is 9.56. The van der Waals surface area contributed by atoms with Crippen LogP contribution >= 0.6 is 22.7 Å². The molecule has 1 N–H and O–H groups in total. The van der Waals surface area contributed by atoms with E-state index in [0.717, 1.165) is 11.3 Å². The van der Waals surface area contributed by atoms with Crippen LogP contribution in [0, 0.1) is 0 Å². The van der Waals surface area contributed by atoms with Crippen molar-refractivity contribution in [2.45, 2.75) is 30.0 Å². The van der Waals surface area contributed by atoms with Crippen LogP contribution in [0.4, 0.5) is 5.00 Å². The van der Waals surface area contributed by atoms with Gasteiger partial charge in [-0.2, -0.15) is 4.31 Å². The summed E-state index contributed by atoms with van der Waals surface area (Å²) >= 11 is 2.33. The van der Waals surface area contributed by atoms with Crippen LogP contribution < -0.4 is 5.32 Å². The molecule has 1 aliphatic heterocycles. The van der Waals surface area contributed by atoms with Crippen LogP contribution in [-0.2, 0) is 19.6 Å². The maximum absolute atomic E-state index is 12.8. The van der Waals surface area contributed by atoms with E-state index in [4.69, 9.17) is 4.74 Å². The molecule has 3 rings (SSSR count). The van der Waals surface area contributed by atoms with E-state index in [9.17, 15) is 18.0 Å². The van der Waals surface area contributed by atoms with Gasteiger partial charge in [-0.15, -0.1) is 22.7 Å². The molecule has 0 saturated carbocycles. The first kappa shape index (κ1) is 19.0. The Labute approximate surface area is 159 Å². The molecular weight excluding hydrogens is 396 g/mol. The molecule has 0 radical (unpaired) electrons. The molecule has 26 heavy (non-hydrogen) atoms. The third kappa shape index (κ3) is 3.68. The summed E-state index contributed by atoms with van der Waals surface area (Å²) in [5, 5.41) is 6.43. The van der Waals surface area contributed by atoms with E-state index in [1.54, 1.807) is 29.8 Å². The van der Waals surface area contributed by atoms with Gasteiger partial charge < -0.3 is 10.1 Å². The van der Waals surface area contributed by atoms with Gasteiger partial charge in [0.2, 0.25) is 5.91 Å². The zero-order chi connectivity index (χ0) is 18.7. The monoisotopic (exact) mass is 414 g/mol. The van der Waals surface area contributed by atoms with E-state index in [1.165, 1.54) is 21.7 Å². The summed E-state index contributed by atoms with van der Waals surface area (Å²) in [6, 6.07) is 3.98. The molecule has 1 fully saturated rings. The van der Waals surface area contributed by atoms with E-state index in [2.05, 4.69) is 5.32 Å². The van der Waals surface area contributed by atoms with Gasteiger partial charge in [-0.25, -0.2) is 13.2 Å². The van der Waals surface area contributed by atoms with E-state index in [-0.39, 0.29) is 16.4 Å². The molecule has 1 unspecified atom stereocenters. The Balaban J connectivity index is 1.78. The zero-order valence-electron chi connectivity index (χ0n) is 14.0. The lowest BCUT2D eigenvalue weighted by molar-refractivity contribution is -0.119. The molecule has 0 aromatic carbocycles. The molecule has 1 atom stereocenters. The van der Waals surface area contributed by atoms with Crippen molar-refractivity contribution in [1.29, 1.82) is 0 Å². The molecule has 0 spiro atoms. The summed E-state index contributed by atoms with van der Waals surface area (Å²) in [7, 11) is -3.70. The fraction of sp³-hybridized carbons (Fsp3) is 0.375. The minimum atomic E-state index is -3.70. The standard InChI is InChI=1S/C16H18N2O5S3/c1-2-23-16(20)11-7-10-25-15(11)17-14(19)12-5-3-8-18(12)26(21,22)13-6-4-9-24-13/h4,6-7,9-10,12H,2-3,5,8H2,1H3,(H,17,19). The number of carbonyl (C=O) groups is 2. The molecule has 0 aliphatic carbocycles. The van der Waals surface area contributed by atoms with Gasteiger partial charge >= 0.3 is 5.97 Å². The molecule has 0 bridgehead atoms. The minimum Gasteiger partial charge on any atom is -0.462 e. The second-order valence-electron chi connectivity index (χ2n) is 5.58. The highest BCUT2D eigenvalue weighted by molar-refractivity contribution is 7.91. The van der Waals surface area contributed by atoms with Gasteiger partial charge in [0, 0.05) is 6.54 Å². The van der Waals surface area contributed by atoms with Gasteiger partial charge in [0.25, 0.3) is 10.0 Å². The van der Waals surface area contributed by atoms with Crippen LogP contribution in [0.15, 0.2) is 33.2 Å². The number of rotatable bonds is 6. The third-order valence-electron chi connectivity index (χ3n) is 3.96. The topological polar surface area (TPSA) is 92.8 Å². The second kappa shape index (κ2) is 7.87.